The molecule has 1 saturated carbocycles. The summed E-state index contributed by atoms with van der Waals surface area (Å²) in [5.41, 5.74) is 1.40. The van der Waals surface area contributed by atoms with E-state index in [2.05, 4.69) is 15.3 Å². The van der Waals surface area contributed by atoms with Gasteiger partial charge in [-0.1, -0.05) is 35.3 Å². The number of halogens is 3. The Morgan fingerprint density at radius 2 is 2.12 bits per heavy atom. The maximum absolute atomic E-state index is 14.5. The predicted octanol–water partition coefficient (Wildman–Crippen LogP) is 3.36. The van der Waals surface area contributed by atoms with E-state index in [1.54, 1.807) is 22.9 Å². The van der Waals surface area contributed by atoms with Crippen molar-refractivity contribution < 1.29 is 19.4 Å². The van der Waals surface area contributed by atoms with E-state index in [9.17, 15) is 19.4 Å². The molecular formula is C22H21Cl2FN4O3. The van der Waals surface area contributed by atoms with Crippen LogP contribution in [-0.2, 0) is 6.54 Å². The Balaban J connectivity index is 1.56. The van der Waals surface area contributed by atoms with Crippen LogP contribution in [0.4, 0.5) is 10.2 Å². The summed E-state index contributed by atoms with van der Waals surface area (Å²) in [6, 6.07) is 8.08. The molecule has 0 saturated heterocycles. The maximum Gasteiger partial charge on any atom is 0.199 e. The Morgan fingerprint density at radius 1 is 1.31 bits per heavy atom. The van der Waals surface area contributed by atoms with Crippen LogP contribution in [0.5, 0.6) is 0 Å². The van der Waals surface area contributed by atoms with Crippen molar-refractivity contribution in [3.05, 3.63) is 75.9 Å². The van der Waals surface area contributed by atoms with Gasteiger partial charge in [-0.05, 0) is 30.2 Å². The number of aliphatic hydroxyl groups excluding tert-OH is 2. The highest BCUT2D eigenvalue weighted by molar-refractivity contribution is 6.31. The third-order valence-electron chi connectivity index (χ3n) is 5.61. The molecule has 0 radical (unpaired) electrons. The lowest BCUT2D eigenvalue weighted by atomic mass is 10.1. The molecule has 1 aromatic carbocycles. The molecule has 1 aliphatic carbocycles. The van der Waals surface area contributed by atoms with Gasteiger partial charge in [0.1, 0.15) is 23.5 Å². The van der Waals surface area contributed by atoms with Gasteiger partial charge in [0, 0.05) is 42.0 Å². The van der Waals surface area contributed by atoms with Crippen molar-refractivity contribution in [3.63, 3.8) is 0 Å². The minimum absolute atomic E-state index is 0.151. The van der Waals surface area contributed by atoms with E-state index in [1.807, 2.05) is 18.2 Å². The molecule has 7 nitrogen and oxygen atoms in total. The molecule has 3 aromatic rings. The van der Waals surface area contributed by atoms with Crippen LogP contribution in [-0.4, -0.2) is 55.5 Å². The van der Waals surface area contributed by atoms with Crippen LogP contribution >= 0.6 is 23.2 Å². The fourth-order valence-electron chi connectivity index (χ4n) is 3.91. The first-order chi connectivity index (χ1) is 15.4. The number of hydrogen-bond acceptors (Lipinski definition) is 6. The summed E-state index contributed by atoms with van der Waals surface area (Å²) in [6.07, 6.45) is 1.55. The lowest BCUT2D eigenvalue weighted by molar-refractivity contribution is 0.0444. The molecule has 0 spiro atoms. The zero-order valence-corrected chi connectivity index (χ0v) is 18.3. The normalized spacial score (nSPS) is 22.8. The number of carbonyl (C=O) groups is 1. The molecule has 1 aliphatic rings. The first-order valence-electron chi connectivity index (χ1n) is 10.0. The quantitative estimate of drug-likeness (QED) is 0.450. The summed E-state index contributed by atoms with van der Waals surface area (Å²) >= 11 is 12.4. The Morgan fingerprint density at radius 3 is 2.84 bits per heavy atom. The molecule has 0 unspecified atom stereocenters. The van der Waals surface area contributed by atoms with Crippen LogP contribution in [0.15, 0.2) is 49.1 Å². The number of anilines is 1. The summed E-state index contributed by atoms with van der Waals surface area (Å²) in [5, 5.41) is 23.1. The van der Waals surface area contributed by atoms with Crippen molar-refractivity contribution in [3.8, 4) is 0 Å². The van der Waals surface area contributed by atoms with Crippen LogP contribution in [0.2, 0.25) is 10.2 Å². The van der Waals surface area contributed by atoms with Crippen molar-refractivity contribution in [2.24, 2.45) is 5.92 Å². The van der Waals surface area contributed by atoms with Gasteiger partial charge in [0.2, 0.25) is 0 Å². The standard InChI is InChI=1S/C22H21Cl2FN4O3/c23-15-3-1-2-12(4-15)8-29-9-13(6-18(29)24)20(31)16-7-26-11-27-22(16)28-17-5-14(10-30)21(32)19(17)25/h1-4,6-7,9,11,14,17,19,21,30,32H,5,8,10H2,(H,26,27,28)/t14-,17-,19-,21-/m1/s1. The number of aliphatic hydroxyl groups is 2. The zero-order chi connectivity index (χ0) is 22.8. The summed E-state index contributed by atoms with van der Waals surface area (Å²) in [5.74, 6) is -0.808. The molecule has 1 fully saturated rings. The summed E-state index contributed by atoms with van der Waals surface area (Å²) in [7, 11) is 0. The molecule has 3 N–H and O–H groups in total. The van der Waals surface area contributed by atoms with E-state index in [-0.39, 0.29) is 30.2 Å². The third-order valence-corrected chi connectivity index (χ3v) is 6.17. The Hall–Kier alpha value is -2.52. The van der Waals surface area contributed by atoms with Crippen LogP contribution in [0.25, 0.3) is 0 Å². The Bertz CT molecular complexity index is 1130. The third kappa shape index (κ3) is 4.63. The second-order valence-electron chi connectivity index (χ2n) is 7.79. The monoisotopic (exact) mass is 478 g/mol. The average molecular weight is 479 g/mol. The van der Waals surface area contributed by atoms with E-state index >= 15 is 0 Å². The van der Waals surface area contributed by atoms with Gasteiger partial charge >= 0.3 is 0 Å². The first kappa shape index (κ1) is 22.7. The Labute approximate surface area is 193 Å². The zero-order valence-electron chi connectivity index (χ0n) is 16.8. The van der Waals surface area contributed by atoms with Crippen LogP contribution in [0.1, 0.15) is 27.9 Å². The molecule has 2 heterocycles. The van der Waals surface area contributed by atoms with Crippen LogP contribution < -0.4 is 5.32 Å². The smallest absolute Gasteiger partial charge is 0.199 e. The number of nitrogens with one attached hydrogen (secondary N) is 1. The minimum atomic E-state index is -1.60. The molecular weight excluding hydrogens is 458 g/mol. The number of aromatic nitrogens is 3. The second-order valence-corrected chi connectivity index (χ2v) is 8.61. The van der Waals surface area contributed by atoms with Gasteiger partial charge in [-0.3, -0.25) is 4.79 Å². The topological polar surface area (TPSA) is 100 Å². The number of ketones is 1. The van der Waals surface area contributed by atoms with Gasteiger partial charge in [-0.15, -0.1) is 0 Å². The highest BCUT2D eigenvalue weighted by atomic mass is 35.5. The molecule has 0 amide bonds. The molecule has 0 bridgehead atoms. The van der Waals surface area contributed by atoms with Gasteiger partial charge in [0.15, 0.2) is 5.78 Å². The van der Waals surface area contributed by atoms with Gasteiger partial charge in [-0.2, -0.15) is 0 Å². The lowest BCUT2D eigenvalue weighted by Crippen LogP contribution is -2.32. The summed E-state index contributed by atoms with van der Waals surface area (Å²) in [6.45, 7) is 0.100. The van der Waals surface area contributed by atoms with E-state index in [0.717, 1.165) is 5.56 Å². The van der Waals surface area contributed by atoms with Gasteiger partial charge in [0.25, 0.3) is 0 Å². The number of hydrogen-bond donors (Lipinski definition) is 3. The van der Waals surface area contributed by atoms with E-state index in [4.69, 9.17) is 23.2 Å². The molecule has 0 aliphatic heterocycles. The fourth-order valence-corrected chi connectivity index (χ4v) is 4.35. The SMILES string of the molecule is O=C(c1cc(Cl)n(Cc2cccc(Cl)c2)c1)c1cncnc1N[C@@H]1C[C@H](CO)[C@@H](O)[C@@H]1F. The van der Waals surface area contributed by atoms with Crippen molar-refractivity contribution in [1.29, 1.82) is 0 Å². The maximum atomic E-state index is 14.5. The van der Waals surface area contributed by atoms with Crippen molar-refractivity contribution >= 4 is 34.8 Å². The molecule has 32 heavy (non-hydrogen) atoms. The van der Waals surface area contributed by atoms with Crippen LogP contribution in [0, 0.1) is 5.92 Å². The largest absolute Gasteiger partial charge is 0.396 e. The molecule has 4 atom stereocenters. The predicted molar refractivity (Wildman–Crippen MR) is 119 cm³/mol. The molecule has 168 valence electrons. The second kappa shape index (κ2) is 9.54. The van der Waals surface area contributed by atoms with Crippen molar-refractivity contribution in [2.45, 2.75) is 31.3 Å². The van der Waals surface area contributed by atoms with E-state index in [1.165, 1.54) is 12.5 Å². The number of rotatable bonds is 7. The van der Waals surface area contributed by atoms with Crippen molar-refractivity contribution in [1.82, 2.24) is 14.5 Å². The first-order valence-corrected chi connectivity index (χ1v) is 10.8. The minimum Gasteiger partial charge on any atom is -0.396 e. The van der Waals surface area contributed by atoms with Crippen LogP contribution in [0.3, 0.4) is 0 Å². The van der Waals surface area contributed by atoms with E-state index < -0.39 is 24.2 Å². The number of alkyl halides is 1. The Kier molecular flexibility index (Phi) is 6.76. The molecule has 2 aromatic heterocycles. The molecule has 4 rings (SSSR count). The average Bonchev–Trinajstić information content (AvgIpc) is 3.28. The summed E-state index contributed by atoms with van der Waals surface area (Å²) in [4.78, 5) is 21.2. The van der Waals surface area contributed by atoms with Gasteiger partial charge in [0.05, 0.1) is 17.7 Å². The number of benzene rings is 1. The van der Waals surface area contributed by atoms with E-state index in [0.29, 0.717) is 22.3 Å². The summed E-state index contributed by atoms with van der Waals surface area (Å²) < 4.78 is 16.2. The van der Waals surface area contributed by atoms with Crippen molar-refractivity contribution in [2.75, 3.05) is 11.9 Å². The number of nitrogens with zero attached hydrogens (tertiary/aromatic N) is 3. The van der Waals surface area contributed by atoms with Gasteiger partial charge in [-0.25, -0.2) is 14.4 Å². The fraction of sp³-hybridized carbons (Fsp3) is 0.318. The number of carbonyl (C=O) groups excluding carboxylic acids is 1. The van der Waals surface area contributed by atoms with Gasteiger partial charge < -0.3 is 20.1 Å². The highest BCUT2D eigenvalue weighted by Gasteiger charge is 2.43. The highest BCUT2D eigenvalue weighted by Crippen LogP contribution is 2.32. The molecule has 10 heteroatoms. The lowest BCUT2D eigenvalue weighted by Gasteiger charge is -2.18.